The Balaban J connectivity index is 2.33. The Hall–Kier alpha value is -3.03. The Kier molecular flexibility index (Phi) is 7.80. The monoisotopic (exact) mass is 626 g/mol. The fraction of sp³-hybridized carbons (Fsp3) is 0.172. The minimum atomic E-state index is -5.21. The Morgan fingerprint density at radius 3 is 1.69 bits per heavy atom. The second-order valence-corrected chi connectivity index (χ2v) is 12.5. The van der Waals surface area contributed by atoms with Gasteiger partial charge in [0.2, 0.25) is 0 Å². The quantitative estimate of drug-likeness (QED) is 0.164. The largest absolute Gasteiger partial charge is 0.496 e. The molecule has 4 aromatic carbocycles. The molecule has 0 fully saturated rings. The summed E-state index contributed by atoms with van der Waals surface area (Å²) in [4.78, 5) is 0. The maximum Gasteiger partial charge on any atom is 0.417 e. The van der Waals surface area contributed by atoms with Crippen molar-refractivity contribution >= 4 is 39.0 Å². The highest BCUT2D eigenvalue weighted by molar-refractivity contribution is 9.10. The van der Waals surface area contributed by atoms with Gasteiger partial charge in [0.15, 0.2) is 7.14 Å². The second-order valence-electron chi connectivity index (χ2n) is 8.90. The van der Waals surface area contributed by atoms with E-state index < -0.39 is 41.5 Å². The standard InChI is InChI=1S/C29H22BrF6O2P/c1-17-14-23(30)25(18(2)27(17)38-3)26-22(29(34,35)36)15-19(28(31,32)33)16-24(26)39(37,20-10-6-4-7-11-20)21-12-8-5-9-13-21/h4-16H,1-3H3. The molecular formula is C29H22BrF6O2P. The van der Waals surface area contributed by atoms with Crippen molar-refractivity contribution in [2.24, 2.45) is 0 Å². The lowest BCUT2D eigenvalue weighted by Crippen LogP contribution is -2.30. The molecule has 0 unspecified atom stereocenters. The van der Waals surface area contributed by atoms with Crippen molar-refractivity contribution in [3.05, 3.63) is 106 Å². The third-order valence-corrected chi connectivity index (χ3v) is 10.1. The lowest BCUT2D eigenvalue weighted by Gasteiger charge is -2.28. The summed E-state index contributed by atoms with van der Waals surface area (Å²) in [5.74, 6) is 0.265. The number of methoxy groups -OCH3 is 1. The molecule has 0 saturated heterocycles. The van der Waals surface area contributed by atoms with E-state index in [1.807, 2.05) is 0 Å². The molecule has 0 aromatic heterocycles. The summed E-state index contributed by atoms with van der Waals surface area (Å²) >= 11 is 3.34. The summed E-state index contributed by atoms with van der Waals surface area (Å²) < 4.78 is 107. The molecule has 204 valence electrons. The predicted molar refractivity (Wildman–Crippen MR) is 145 cm³/mol. The van der Waals surface area contributed by atoms with E-state index in [1.54, 1.807) is 43.3 Å². The van der Waals surface area contributed by atoms with Crippen LogP contribution in [0.25, 0.3) is 11.1 Å². The highest BCUT2D eigenvalue weighted by atomic mass is 79.9. The Labute approximate surface area is 230 Å². The summed E-state index contributed by atoms with van der Waals surface area (Å²) in [5, 5.41) is -0.382. The van der Waals surface area contributed by atoms with Crippen LogP contribution in [0, 0.1) is 13.8 Å². The van der Waals surface area contributed by atoms with Crippen LogP contribution in [-0.2, 0) is 16.9 Å². The molecule has 10 heteroatoms. The van der Waals surface area contributed by atoms with Crippen LogP contribution in [0.4, 0.5) is 26.3 Å². The van der Waals surface area contributed by atoms with Crippen LogP contribution in [0.15, 0.2) is 83.3 Å². The molecule has 0 aliphatic carbocycles. The minimum absolute atomic E-state index is 0.0550. The first kappa shape index (κ1) is 29.0. The van der Waals surface area contributed by atoms with Gasteiger partial charge in [-0.25, -0.2) is 0 Å². The van der Waals surface area contributed by atoms with E-state index in [1.165, 1.54) is 44.4 Å². The highest BCUT2D eigenvalue weighted by Gasteiger charge is 2.44. The van der Waals surface area contributed by atoms with E-state index in [0.717, 1.165) is 0 Å². The molecule has 0 heterocycles. The van der Waals surface area contributed by atoms with Gasteiger partial charge >= 0.3 is 12.4 Å². The molecule has 0 bridgehead atoms. The number of benzene rings is 4. The van der Waals surface area contributed by atoms with Gasteiger partial charge in [0.25, 0.3) is 0 Å². The first-order chi connectivity index (χ1) is 18.2. The average molecular weight is 627 g/mol. The molecule has 0 radical (unpaired) electrons. The number of rotatable bonds is 5. The molecule has 0 N–H and O–H groups in total. The number of alkyl halides is 6. The molecule has 39 heavy (non-hydrogen) atoms. The maximum absolute atomic E-state index is 15.2. The Morgan fingerprint density at radius 2 is 1.26 bits per heavy atom. The van der Waals surface area contributed by atoms with Gasteiger partial charge in [-0.2, -0.15) is 26.3 Å². The zero-order valence-electron chi connectivity index (χ0n) is 20.9. The number of ether oxygens (including phenoxy) is 1. The van der Waals surface area contributed by atoms with Gasteiger partial charge in [0.05, 0.1) is 18.2 Å². The Bertz CT molecular complexity index is 1520. The SMILES string of the molecule is COc1c(C)cc(Br)c(-c2c(C(F)(F)F)cc(C(F)(F)F)cc2P(=O)(c2ccccc2)c2ccccc2)c1C. The normalized spacial score (nSPS) is 12.5. The number of aryl methyl sites for hydroxylation is 1. The first-order valence-electron chi connectivity index (χ1n) is 11.6. The maximum atomic E-state index is 15.2. The molecule has 2 nitrogen and oxygen atoms in total. The molecule has 4 aromatic rings. The van der Waals surface area contributed by atoms with Crippen LogP contribution in [0.2, 0.25) is 0 Å². The van der Waals surface area contributed by atoms with E-state index in [0.29, 0.717) is 11.6 Å². The van der Waals surface area contributed by atoms with Crippen LogP contribution < -0.4 is 20.7 Å². The summed E-state index contributed by atoms with van der Waals surface area (Å²) in [6.45, 7) is 3.21. The van der Waals surface area contributed by atoms with Gasteiger partial charge in [0, 0.05) is 37.1 Å². The summed E-state index contributed by atoms with van der Waals surface area (Å²) in [6.07, 6.45) is -10.4. The molecule has 0 amide bonds. The fourth-order valence-electron chi connectivity index (χ4n) is 4.77. The topological polar surface area (TPSA) is 26.3 Å². The summed E-state index contributed by atoms with van der Waals surface area (Å²) in [6, 6.07) is 17.4. The zero-order valence-corrected chi connectivity index (χ0v) is 23.4. The zero-order chi connectivity index (χ0) is 28.8. The van der Waals surface area contributed by atoms with Crippen LogP contribution in [0.3, 0.4) is 0 Å². The van der Waals surface area contributed by atoms with Gasteiger partial charge in [-0.15, -0.1) is 0 Å². The van der Waals surface area contributed by atoms with Gasteiger partial charge in [-0.1, -0.05) is 76.6 Å². The van der Waals surface area contributed by atoms with Crippen molar-refractivity contribution in [3.63, 3.8) is 0 Å². The van der Waals surface area contributed by atoms with E-state index in [2.05, 4.69) is 15.9 Å². The number of hydrogen-bond donors (Lipinski definition) is 0. The van der Waals surface area contributed by atoms with Crippen LogP contribution in [0.5, 0.6) is 5.75 Å². The molecule has 0 spiro atoms. The van der Waals surface area contributed by atoms with Crippen molar-refractivity contribution in [1.29, 1.82) is 0 Å². The first-order valence-corrected chi connectivity index (χ1v) is 14.1. The van der Waals surface area contributed by atoms with E-state index in [-0.39, 0.29) is 38.0 Å². The third-order valence-electron chi connectivity index (χ3n) is 6.44. The van der Waals surface area contributed by atoms with Gasteiger partial charge in [-0.3, -0.25) is 0 Å². The lowest BCUT2D eigenvalue weighted by atomic mass is 9.92. The highest BCUT2D eigenvalue weighted by Crippen LogP contribution is 2.52. The van der Waals surface area contributed by atoms with Crippen molar-refractivity contribution in [2.75, 3.05) is 7.11 Å². The van der Waals surface area contributed by atoms with Crippen LogP contribution >= 0.6 is 23.1 Å². The molecule has 0 aliphatic rings. The minimum Gasteiger partial charge on any atom is -0.496 e. The third kappa shape index (κ3) is 5.27. The average Bonchev–Trinajstić information content (AvgIpc) is 2.88. The van der Waals surface area contributed by atoms with Gasteiger partial charge in [-0.05, 0) is 37.6 Å². The van der Waals surface area contributed by atoms with E-state index in [4.69, 9.17) is 4.74 Å². The molecule has 0 atom stereocenters. The lowest BCUT2D eigenvalue weighted by molar-refractivity contribution is -0.142. The van der Waals surface area contributed by atoms with Crippen LogP contribution in [0.1, 0.15) is 22.3 Å². The molecule has 0 aliphatic heterocycles. The smallest absolute Gasteiger partial charge is 0.417 e. The molecule has 0 saturated carbocycles. The number of halogens is 7. The summed E-state index contributed by atoms with van der Waals surface area (Å²) in [5.41, 5.74) is -2.90. The van der Waals surface area contributed by atoms with E-state index in [9.17, 15) is 26.3 Å². The summed E-state index contributed by atoms with van der Waals surface area (Å²) in [7, 11) is -2.96. The van der Waals surface area contributed by atoms with Crippen LogP contribution in [-0.4, -0.2) is 7.11 Å². The fourth-order valence-corrected chi connectivity index (χ4v) is 8.51. The van der Waals surface area contributed by atoms with Crippen molar-refractivity contribution < 1.29 is 35.6 Å². The Morgan fingerprint density at radius 1 is 0.744 bits per heavy atom. The predicted octanol–water partition coefficient (Wildman–Crippen LogP) is 8.42. The number of hydrogen-bond acceptors (Lipinski definition) is 2. The van der Waals surface area contributed by atoms with Crippen molar-refractivity contribution in [3.8, 4) is 16.9 Å². The van der Waals surface area contributed by atoms with Gasteiger partial charge < -0.3 is 9.30 Å². The second kappa shape index (κ2) is 10.5. The van der Waals surface area contributed by atoms with Crippen molar-refractivity contribution in [2.45, 2.75) is 26.2 Å². The molecule has 4 rings (SSSR count). The van der Waals surface area contributed by atoms with Crippen molar-refractivity contribution in [1.82, 2.24) is 0 Å². The van der Waals surface area contributed by atoms with E-state index >= 15 is 4.57 Å². The molecular weight excluding hydrogens is 605 g/mol. The van der Waals surface area contributed by atoms with Gasteiger partial charge in [0.1, 0.15) is 5.75 Å².